The zero-order chi connectivity index (χ0) is 33.6. The number of benzene rings is 2. The molecule has 0 atom stereocenters. The number of urea groups is 1. The molecule has 4 rings (SSSR count). The molecular formula is C31H31F6N5O3S. The largest absolute Gasteiger partial charge is 0.446 e. The standard InChI is InChI=1S/C31H31F6N5O3S/c1-20-25(28(44)42(27(20)43)23-10-7-21(19-38)26(18-23)30(32,33)34)6-4-2-3-5-13-40-14-16-41(17-15-40)29(45)39-22-8-11-24(12-9-22)46-31(35,36)37/h7-12,18H,2-6,13-17H2,1H3,(H,39,45). The number of imide groups is 1. The van der Waals surface area contributed by atoms with E-state index < -0.39 is 34.6 Å². The SMILES string of the molecule is CC1=C(CCCCCCN2CCN(C(=O)Nc3ccc(SC(F)(F)F)cc3)CC2)C(=O)N(c2ccc(C#N)c(C(F)(F)F)c2)C1=O. The molecule has 246 valence electrons. The molecule has 2 aliphatic rings. The summed E-state index contributed by atoms with van der Waals surface area (Å²) >= 11 is -0.220. The molecular weight excluding hydrogens is 636 g/mol. The number of nitrogens with zero attached hydrogens (tertiary/aromatic N) is 4. The van der Waals surface area contributed by atoms with Gasteiger partial charge in [-0.15, -0.1) is 0 Å². The Bertz CT molecular complexity index is 1530. The third kappa shape index (κ3) is 8.82. The monoisotopic (exact) mass is 667 g/mol. The number of nitriles is 1. The van der Waals surface area contributed by atoms with E-state index in [0.717, 1.165) is 42.8 Å². The van der Waals surface area contributed by atoms with Gasteiger partial charge in [0.2, 0.25) is 0 Å². The average Bonchev–Trinajstić information content (AvgIpc) is 3.21. The van der Waals surface area contributed by atoms with Gasteiger partial charge in [0.05, 0.1) is 22.9 Å². The number of halogens is 6. The van der Waals surface area contributed by atoms with Gasteiger partial charge < -0.3 is 10.2 Å². The van der Waals surface area contributed by atoms with Crippen LogP contribution in [-0.4, -0.2) is 65.9 Å². The molecule has 0 spiro atoms. The maximum absolute atomic E-state index is 13.4. The van der Waals surface area contributed by atoms with Gasteiger partial charge in [0, 0.05) is 47.9 Å². The molecule has 2 heterocycles. The molecule has 0 saturated carbocycles. The predicted octanol–water partition coefficient (Wildman–Crippen LogP) is 7.18. The summed E-state index contributed by atoms with van der Waals surface area (Å²) in [7, 11) is 0. The summed E-state index contributed by atoms with van der Waals surface area (Å²) in [6.45, 7) is 4.62. The normalized spacial score (nSPS) is 16.3. The first-order valence-corrected chi connectivity index (χ1v) is 15.3. The minimum absolute atomic E-state index is 0.0331. The van der Waals surface area contributed by atoms with Crippen LogP contribution in [0.1, 0.15) is 50.2 Å². The van der Waals surface area contributed by atoms with Crippen LogP contribution in [0.15, 0.2) is 58.5 Å². The van der Waals surface area contributed by atoms with Gasteiger partial charge in [0.15, 0.2) is 0 Å². The Kier molecular flexibility index (Phi) is 11.1. The summed E-state index contributed by atoms with van der Waals surface area (Å²) in [5.74, 6) is -1.33. The van der Waals surface area contributed by atoms with Crippen molar-refractivity contribution in [3.05, 3.63) is 64.7 Å². The Morgan fingerprint density at radius 2 is 1.57 bits per heavy atom. The summed E-state index contributed by atoms with van der Waals surface area (Å²) in [4.78, 5) is 43.0. The molecule has 8 nitrogen and oxygen atoms in total. The lowest BCUT2D eigenvalue weighted by Crippen LogP contribution is -2.50. The quantitative estimate of drug-likeness (QED) is 0.125. The van der Waals surface area contributed by atoms with Crippen LogP contribution in [0.25, 0.3) is 0 Å². The maximum Gasteiger partial charge on any atom is 0.446 e. The van der Waals surface area contributed by atoms with E-state index in [2.05, 4.69) is 10.2 Å². The van der Waals surface area contributed by atoms with Crippen LogP contribution in [0.5, 0.6) is 0 Å². The lowest BCUT2D eigenvalue weighted by molar-refractivity contribution is -0.138. The summed E-state index contributed by atoms with van der Waals surface area (Å²) in [6.07, 6.45) is -1.39. The van der Waals surface area contributed by atoms with Gasteiger partial charge in [-0.1, -0.05) is 12.8 Å². The van der Waals surface area contributed by atoms with E-state index >= 15 is 0 Å². The Morgan fingerprint density at radius 1 is 0.913 bits per heavy atom. The van der Waals surface area contributed by atoms with Crippen LogP contribution < -0.4 is 10.2 Å². The number of anilines is 2. The molecule has 1 saturated heterocycles. The summed E-state index contributed by atoms with van der Waals surface area (Å²) < 4.78 is 77.7. The molecule has 46 heavy (non-hydrogen) atoms. The van der Waals surface area contributed by atoms with Crippen LogP contribution in [0.2, 0.25) is 0 Å². The number of thioether (sulfide) groups is 1. The van der Waals surface area contributed by atoms with E-state index in [1.165, 1.54) is 37.3 Å². The Morgan fingerprint density at radius 3 is 2.17 bits per heavy atom. The van der Waals surface area contributed by atoms with Gasteiger partial charge in [-0.25, -0.2) is 9.69 Å². The molecule has 0 radical (unpaired) electrons. The second kappa shape index (κ2) is 14.6. The molecule has 0 bridgehead atoms. The number of piperazine rings is 1. The highest BCUT2D eigenvalue weighted by molar-refractivity contribution is 8.00. The fourth-order valence-electron chi connectivity index (χ4n) is 5.32. The fraction of sp³-hybridized carbons (Fsp3) is 0.419. The first kappa shape index (κ1) is 34.8. The van der Waals surface area contributed by atoms with Crippen molar-refractivity contribution < 1.29 is 40.7 Å². The van der Waals surface area contributed by atoms with E-state index in [1.54, 1.807) is 4.90 Å². The van der Waals surface area contributed by atoms with Crippen LogP contribution >= 0.6 is 11.8 Å². The molecule has 2 aromatic carbocycles. The number of rotatable bonds is 10. The van der Waals surface area contributed by atoms with Crippen LogP contribution in [-0.2, 0) is 15.8 Å². The van der Waals surface area contributed by atoms with Crippen LogP contribution in [0, 0.1) is 11.3 Å². The highest BCUT2D eigenvalue weighted by Crippen LogP contribution is 2.38. The van der Waals surface area contributed by atoms with Crippen molar-refractivity contribution in [1.29, 1.82) is 5.26 Å². The zero-order valence-electron chi connectivity index (χ0n) is 24.8. The van der Waals surface area contributed by atoms with E-state index in [1.807, 2.05) is 0 Å². The van der Waals surface area contributed by atoms with Crippen molar-refractivity contribution in [3.8, 4) is 6.07 Å². The van der Waals surface area contributed by atoms with Gasteiger partial charge in [-0.2, -0.15) is 31.6 Å². The average molecular weight is 668 g/mol. The number of unbranched alkanes of at least 4 members (excludes halogenated alkanes) is 3. The van der Waals surface area contributed by atoms with Gasteiger partial charge >= 0.3 is 17.7 Å². The van der Waals surface area contributed by atoms with Gasteiger partial charge in [-0.05, 0) is 87.0 Å². The molecule has 0 aromatic heterocycles. The van der Waals surface area contributed by atoms with E-state index in [0.29, 0.717) is 50.8 Å². The number of hydrogen-bond acceptors (Lipinski definition) is 6. The lowest BCUT2D eigenvalue weighted by Gasteiger charge is -2.34. The summed E-state index contributed by atoms with van der Waals surface area (Å²) in [6, 6.07) is 9.39. The van der Waals surface area contributed by atoms with Gasteiger partial charge in [0.25, 0.3) is 11.8 Å². The molecule has 15 heteroatoms. The van der Waals surface area contributed by atoms with Crippen molar-refractivity contribution in [2.45, 2.75) is 55.6 Å². The maximum atomic E-state index is 13.4. The highest BCUT2D eigenvalue weighted by Gasteiger charge is 2.39. The summed E-state index contributed by atoms with van der Waals surface area (Å²) in [5, 5.41) is 11.7. The van der Waals surface area contributed by atoms with Crippen molar-refractivity contribution in [1.82, 2.24) is 9.80 Å². The van der Waals surface area contributed by atoms with Crippen molar-refractivity contribution >= 4 is 41.0 Å². The van der Waals surface area contributed by atoms with Crippen molar-refractivity contribution in [2.75, 3.05) is 42.9 Å². The van der Waals surface area contributed by atoms with E-state index in [4.69, 9.17) is 5.26 Å². The third-order valence-corrected chi connectivity index (χ3v) is 8.51. The summed E-state index contributed by atoms with van der Waals surface area (Å²) in [5.41, 5.74) is -5.54. The van der Waals surface area contributed by atoms with E-state index in [-0.39, 0.29) is 39.5 Å². The number of alkyl halides is 6. The van der Waals surface area contributed by atoms with Crippen LogP contribution in [0.4, 0.5) is 42.5 Å². The van der Waals surface area contributed by atoms with Crippen LogP contribution in [0.3, 0.4) is 0 Å². The molecule has 4 amide bonds. The number of nitrogens with one attached hydrogen (secondary N) is 1. The smallest absolute Gasteiger partial charge is 0.322 e. The fourth-order valence-corrected chi connectivity index (χ4v) is 5.86. The Hall–Kier alpha value is -4.03. The molecule has 1 fully saturated rings. The molecule has 1 N–H and O–H groups in total. The number of carbonyl (C=O) groups is 3. The molecule has 0 unspecified atom stereocenters. The molecule has 2 aliphatic heterocycles. The molecule has 0 aliphatic carbocycles. The number of carbonyl (C=O) groups excluding carboxylic acids is 3. The van der Waals surface area contributed by atoms with Gasteiger partial charge in [-0.3, -0.25) is 14.5 Å². The first-order chi connectivity index (χ1) is 21.7. The number of hydrogen-bond donors (Lipinski definition) is 1. The highest BCUT2D eigenvalue weighted by atomic mass is 32.2. The van der Waals surface area contributed by atoms with Crippen molar-refractivity contribution in [2.24, 2.45) is 0 Å². The predicted molar refractivity (Wildman–Crippen MR) is 160 cm³/mol. The Balaban J connectivity index is 1.16. The minimum atomic E-state index is -4.82. The topological polar surface area (TPSA) is 96.8 Å². The van der Waals surface area contributed by atoms with E-state index in [9.17, 15) is 40.7 Å². The second-order valence-electron chi connectivity index (χ2n) is 10.9. The molecule has 2 aromatic rings. The van der Waals surface area contributed by atoms with Crippen molar-refractivity contribution in [3.63, 3.8) is 0 Å². The number of amides is 4. The van der Waals surface area contributed by atoms with Gasteiger partial charge in [0.1, 0.15) is 0 Å². The first-order valence-electron chi connectivity index (χ1n) is 14.5. The second-order valence-corrected chi connectivity index (χ2v) is 12.0. The third-order valence-electron chi connectivity index (χ3n) is 7.77. The zero-order valence-corrected chi connectivity index (χ0v) is 25.6. The lowest BCUT2D eigenvalue weighted by atomic mass is 10.0. The Labute approximate surface area is 266 Å². The minimum Gasteiger partial charge on any atom is -0.322 e.